The van der Waals surface area contributed by atoms with Gasteiger partial charge in [-0.3, -0.25) is 4.84 Å². The second-order valence-corrected chi connectivity index (χ2v) is 4.20. The Morgan fingerprint density at radius 1 is 1.38 bits per heavy atom. The normalized spacial score (nSPS) is 26.2. The van der Waals surface area contributed by atoms with Gasteiger partial charge in [0.1, 0.15) is 0 Å². The summed E-state index contributed by atoms with van der Waals surface area (Å²) in [4.78, 5) is 5.61. The summed E-state index contributed by atoms with van der Waals surface area (Å²) in [7, 11) is 1.96. The predicted octanol–water partition coefficient (Wildman–Crippen LogP) is 2.67. The van der Waals surface area contributed by atoms with Gasteiger partial charge in [0.05, 0.1) is 6.04 Å². The molecule has 1 aliphatic heterocycles. The van der Waals surface area contributed by atoms with Crippen LogP contribution in [0.1, 0.15) is 30.5 Å². The summed E-state index contributed by atoms with van der Waals surface area (Å²) in [5.74, 6) is 0. The van der Waals surface area contributed by atoms with Crippen LogP contribution in [0.3, 0.4) is 0 Å². The maximum absolute atomic E-state index is 5.61. The topological polar surface area (TPSA) is 21.7 Å². The van der Waals surface area contributed by atoms with E-state index in [0.717, 1.165) is 6.42 Å². The molecule has 0 aromatic heterocycles. The van der Waals surface area contributed by atoms with Gasteiger partial charge in [-0.1, -0.05) is 29.8 Å². The number of rotatable bonds is 3. The van der Waals surface area contributed by atoms with Gasteiger partial charge in [-0.05, 0) is 19.4 Å². The van der Waals surface area contributed by atoms with E-state index < -0.39 is 0 Å². The first kappa shape index (κ1) is 11.6. The van der Waals surface area contributed by atoms with Crippen molar-refractivity contribution < 1.29 is 9.57 Å². The molecule has 1 heterocycles. The molecule has 0 N–H and O–H groups in total. The van der Waals surface area contributed by atoms with Gasteiger partial charge in [0.15, 0.2) is 6.29 Å². The van der Waals surface area contributed by atoms with Crippen LogP contribution in [-0.2, 0) is 9.57 Å². The zero-order chi connectivity index (χ0) is 11.5. The Morgan fingerprint density at radius 3 is 2.69 bits per heavy atom. The summed E-state index contributed by atoms with van der Waals surface area (Å²) in [6, 6.07) is 8.90. The zero-order valence-corrected chi connectivity index (χ0v) is 10.1. The van der Waals surface area contributed by atoms with Crippen molar-refractivity contribution in [3.63, 3.8) is 0 Å². The van der Waals surface area contributed by atoms with Crippen LogP contribution in [0.25, 0.3) is 0 Å². The maximum atomic E-state index is 5.61. The molecular formula is C13H19NO2. The van der Waals surface area contributed by atoms with Gasteiger partial charge in [-0.15, -0.1) is 0 Å². The van der Waals surface area contributed by atoms with E-state index in [1.165, 1.54) is 11.1 Å². The first-order valence-electron chi connectivity index (χ1n) is 5.78. The van der Waals surface area contributed by atoms with E-state index >= 15 is 0 Å². The Bertz CT molecular complexity index is 336. The molecular weight excluding hydrogens is 202 g/mol. The molecule has 3 heteroatoms. The maximum Gasteiger partial charge on any atom is 0.179 e. The minimum Gasteiger partial charge on any atom is -0.351 e. The third-order valence-electron chi connectivity index (χ3n) is 2.95. The van der Waals surface area contributed by atoms with Crippen molar-refractivity contribution in [2.45, 2.75) is 32.6 Å². The van der Waals surface area contributed by atoms with Gasteiger partial charge in [0, 0.05) is 20.1 Å². The molecule has 0 bridgehead atoms. The number of hydroxylamine groups is 2. The molecule has 1 aromatic rings. The highest BCUT2D eigenvalue weighted by Crippen LogP contribution is 2.33. The van der Waals surface area contributed by atoms with E-state index in [2.05, 4.69) is 31.2 Å². The Morgan fingerprint density at radius 2 is 2.06 bits per heavy atom. The van der Waals surface area contributed by atoms with Gasteiger partial charge in [-0.2, -0.15) is 5.06 Å². The molecule has 1 aliphatic rings. The molecule has 0 aliphatic carbocycles. The van der Waals surface area contributed by atoms with Crippen LogP contribution in [0.4, 0.5) is 0 Å². The molecule has 2 atom stereocenters. The van der Waals surface area contributed by atoms with E-state index in [1.807, 2.05) is 19.0 Å². The lowest BCUT2D eigenvalue weighted by Crippen LogP contribution is -2.17. The van der Waals surface area contributed by atoms with Crippen molar-refractivity contribution >= 4 is 0 Å². The fraction of sp³-hybridized carbons (Fsp3) is 0.538. The van der Waals surface area contributed by atoms with Crippen molar-refractivity contribution in [2.75, 3.05) is 13.7 Å². The Labute approximate surface area is 96.9 Å². The van der Waals surface area contributed by atoms with Crippen molar-refractivity contribution in [3.05, 3.63) is 35.4 Å². The van der Waals surface area contributed by atoms with Crippen molar-refractivity contribution in [3.8, 4) is 0 Å². The van der Waals surface area contributed by atoms with E-state index in [0.29, 0.717) is 12.6 Å². The molecule has 1 aromatic carbocycles. The standard InChI is InChI=1S/C13H19NO2/c1-4-15-13-9-12(14(3)16-13)11-7-5-10(2)6-8-11/h5-8,12-13H,4,9H2,1-3H3/t12-,13-/m1/s1. The number of hydrogen-bond donors (Lipinski definition) is 0. The highest BCUT2D eigenvalue weighted by Gasteiger charge is 2.32. The number of aryl methyl sites for hydroxylation is 1. The molecule has 0 saturated carbocycles. The van der Waals surface area contributed by atoms with Gasteiger partial charge in [0.2, 0.25) is 0 Å². The SMILES string of the molecule is CCO[C@H]1C[C@H](c2ccc(C)cc2)N(C)O1. The van der Waals surface area contributed by atoms with Crippen LogP contribution in [-0.4, -0.2) is 25.0 Å². The predicted molar refractivity (Wildman–Crippen MR) is 62.8 cm³/mol. The van der Waals surface area contributed by atoms with Gasteiger partial charge in [0.25, 0.3) is 0 Å². The largest absolute Gasteiger partial charge is 0.351 e. The summed E-state index contributed by atoms with van der Waals surface area (Å²) in [5.41, 5.74) is 2.57. The second-order valence-electron chi connectivity index (χ2n) is 4.20. The van der Waals surface area contributed by atoms with Gasteiger partial charge >= 0.3 is 0 Å². The molecule has 0 spiro atoms. The summed E-state index contributed by atoms with van der Waals surface area (Å²) in [5, 5.41) is 1.89. The number of ether oxygens (including phenoxy) is 1. The second kappa shape index (κ2) is 4.95. The van der Waals surface area contributed by atoms with Crippen LogP contribution < -0.4 is 0 Å². The molecule has 16 heavy (non-hydrogen) atoms. The molecule has 88 valence electrons. The number of nitrogens with zero attached hydrogens (tertiary/aromatic N) is 1. The molecule has 1 saturated heterocycles. The quantitative estimate of drug-likeness (QED) is 0.783. The lowest BCUT2D eigenvalue weighted by molar-refractivity contribution is -0.227. The third-order valence-corrected chi connectivity index (χ3v) is 2.95. The van der Waals surface area contributed by atoms with E-state index in [1.54, 1.807) is 0 Å². The lowest BCUT2D eigenvalue weighted by atomic mass is 10.0. The highest BCUT2D eigenvalue weighted by atomic mass is 16.8. The molecule has 2 rings (SSSR count). The van der Waals surface area contributed by atoms with Crippen molar-refractivity contribution in [2.24, 2.45) is 0 Å². The summed E-state index contributed by atoms with van der Waals surface area (Å²) in [6.45, 7) is 4.78. The zero-order valence-electron chi connectivity index (χ0n) is 10.1. The molecule has 0 amide bonds. The minimum atomic E-state index is -0.0960. The molecule has 1 fully saturated rings. The fourth-order valence-electron chi connectivity index (χ4n) is 2.05. The Hall–Kier alpha value is -0.900. The number of hydrogen-bond acceptors (Lipinski definition) is 3. The van der Waals surface area contributed by atoms with Crippen LogP contribution in [0.2, 0.25) is 0 Å². The minimum absolute atomic E-state index is 0.0960. The average Bonchev–Trinajstić information content (AvgIpc) is 2.61. The van der Waals surface area contributed by atoms with Gasteiger partial charge in [-0.25, -0.2) is 0 Å². The van der Waals surface area contributed by atoms with E-state index in [-0.39, 0.29) is 6.29 Å². The number of benzene rings is 1. The van der Waals surface area contributed by atoms with Gasteiger partial charge < -0.3 is 4.74 Å². The lowest BCUT2D eigenvalue weighted by Gasteiger charge is -2.17. The summed E-state index contributed by atoms with van der Waals surface area (Å²) >= 11 is 0. The summed E-state index contributed by atoms with van der Waals surface area (Å²) < 4.78 is 5.48. The monoisotopic (exact) mass is 221 g/mol. The Kier molecular flexibility index (Phi) is 3.59. The smallest absolute Gasteiger partial charge is 0.179 e. The van der Waals surface area contributed by atoms with Crippen LogP contribution in [0.15, 0.2) is 24.3 Å². The molecule has 0 unspecified atom stereocenters. The van der Waals surface area contributed by atoms with Crippen LogP contribution in [0.5, 0.6) is 0 Å². The van der Waals surface area contributed by atoms with Crippen LogP contribution >= 0.6 is 0 Å². The molecule has 0 radical (unpaired) electrons. The fourth-order valence-corrected chi connectivity index (χ4v) is 2.05. The van der Waals surface area contributed by atoms with E-state index in [4.69, 9.17) is 9.57 Å². The Balaban J connectivity index is 2.07. The van der Waals surface area contributed by atoms with Crippen molar-refractivity contribution in [1.29, 1.82) is 0 Å². The summed E-state index contributed by atoms with van der Waals surface area (Å²) in [6.07, 6.45) is 0.800. The third kappa shape index (κ3) is 2.43. The first-order chi connectivity index (χ1) is 7.70. The molecule has 3 nitrogen and oxygen atoms in total. The van der Waals surface area contributed by atoms with E-state index in [9.17, 15) is 0 Å². The van der Waals surface area contributed by atoms with Crippen molar-refractivity contribution in [1.82, 2.24) is 5.06 Å². The highest BCUT2D eigenvalue weighted by molar-refractivity contribution is 5.24. The average molecular weight is 221 g/mol. The van der Waals surface area contributed by atoms with Crippen LogP contribution in [0, 0.1) is 6.92 Å². The first-order valence-corrected chi connectivity index (χ1v) is 5.78.